The smallest absolute Gasteiger partial charge is 0.215 e. The summed E-state index contributed by atoms with van der Waals surface area (Å²) in [5.41, 5.74) is 0.883. The Labute approximate surface area is 160 Å². The molecule has 0 atom stereocenters. The topological polar surface area (TPSA) is 102 Å². The molecule has 3 aromatic rings. The highest BCUT2D eigenvalue weighted by molar-refractivity contribution is 7.88. The minimum absolute atomic E-state index is 0.0351. The molecule has 0 saturated carbocycles. The van der Waals surface area contributed by atoms with E-state index in [0.717, 1.165) is 17.8 Å². The molecule has 0 aliphatic heterocycles. The van der Waals surface area contributed by atoms with E-state index in [1.807, 2.05) is 13.0 Å². The second-order valence-electron chi connectivity index (χ2n) is 6.02. The van der Waals surface area contributed by atoms with Crippen LogP contribution in [0.3, 0.4) is 0 Å². The highest BCUT2D eigenvalue weighted by atomic mass is 32.2. The summed E-state index contributed by atoms with van der Waals surface area (Å²) in [6, 6.07) is 6.18. The zero-order valence-corrected chi connectivity index (χ0v) is 15.7. The fourth-order valence-corrected chi connectivity index (χ4v) is 3.59. The number of aryl methyl sites for hydroxylation is 1. The van der Waals surface area contributed by atoms with Crippen LogP contribution in [0, 0.1) is 18.6 Å². The first-order chi connectivity index (χ1) is 13.3. The van der Waals surface area contributed by atoms with Crippen LogP contribution in [0.25, 0.3) is 5.82 Å². The number of halogens is 2. The third-order valence-corrected chi connectivity index (χ3v) is 5.00. The number of anilines is 1. The average Bonchev–Trinajstić information content (AvgIpc) is 3.04. The predicted octanol–water partition coefficient (Wildman–Crippen LogP) is 1.78. The van der Waals surface area contributed by atoms with Crippen LogP contribution in [-0.4, -0.2) is 41.3 Å². The Morgan fingerprint density at radius 1 is 1.07 bits per heavy atom. The van der Waals surface area contributed by atoms with Crippen LogP contribution in [0.2, 0.25) is 0 Å². The summed E-state index contributed by atoms with van der Waals surface area (Å²) < 4.78 is 54.4. The van der Waals surface area contributed by atoms with Crippen LogP contribution in [0.15, 0.2) is 42.9 Å². The summed E-state index contributed by atoms with van der Waals surface area (Å²) in [5.74, 6) is -1.08. The van der Waals surface area contributed by atoms with E-state index >= 15 is 0 Å². The molecule has 0 saturated heterocycles. The van der Waals surface area contributed by atoms with Gasteiger partial charge in [0.25, 0.3) is 0 Å². The summed E-state index contributed by atoms with van der Waals surface area (Å²) >= 11 is 0. The van der Waals surface area contributed by atoms with E-state index in [4.69, 9.17) is 0 Å². The molecule has 28 heavy (non-hydrogen) atoms. The van der Waals surface area contributed by atoms with Crippen molar-refractivity contribution in [3.63, 3.8) is 0 Å². The summed E-state index contributed by atoms with van der Waals surface area (Å²) in [5, 5.41) is 7.23. The van der Waals surface area contributed by atoms with Crippen molar-refractivity contribution >= 4 is 15.8 Å². The van der Waals surface area contributed by atoms with Gasteiger partial charge in [0.05, 0.1) is 11.4 Å². The molecule has 3 rings (SSSR count). The molecule has 2 heterocycles. The maximum Gasteiger partial charge on any atom is 0.215 e. The molecule has 0 aliphatic rings. The van der Waals surface area contributed by atoms with E-state index in [2.05, 4.69) is 25.1 Å². The number of aromatic nitrogens is 4. The maximum atomic E-state index is 13.2. The number of rotatable bonds is 8. The van der Waals surface area contributed by atoms with E-state index in [-0.39, 0.29) is 18.7 Å². The minimum atomic E-state index is -3.74. The summed E-state index contributed by atoms with van der Waals surface area (Å²) in [6.45, 7) is 2.19. The van der Waals surface area contributed by atoms with E-state index in [1.54, 1.807) is 16.9 Å². The van der Waals surface area contributed by atoms with Crippen LogP contribution in [0.4, 0.5) is 14.6 Å². The van der Waals surface area contributed by atoms with Gasteiger partial charge >= 0.3 is 0 Å². The Morgan fingerprint density at radius 3 is 2.50 bits per heavy atom. The van der Waals surface area contributed by atoms with Crippen molar-refractivity contribution in [3.8, 4) is 5.82 Å². The Morgan fingerprint density at radius 2 is 1.82 bits per heavy atom. The van der Waals surface area contributed by atoms with Gasteiger partial charge in [0.1, 0.15) is 23.8 Å². The molecule has 0 amide bonds. The molecular formula is C17H18F2N6O2S. The molecule has 1 aromatic carbocycles. The highest BCUT2D eigenvalue weighted by Gasteiger charge is 2.13. The predicted molar refractivity (Wildman–Crippen MR) is 99.4 cm³/mol. The molecule has 0 radical (unpaired) electrons. The standard InChI is InChI=1S/C17H18F2N6O2S/c1-12-2-5-25(24-12)17-9-16(21-11-22-17)20-3-4-23-28(26,27)10-13-6-14(18)8-15(19)7-13/h2,5-9,11,23H,3-4,10H2,1H3,(H,20,21,22). The van der Waals surface area contributed by atoms with E-state index in [0.29, 0.717) is 17.7 Å². The first-order valence-corrected chi connectivity index (χ1v) is 9.97. The Balaban J connectivity index is 1.52. The second kappa shape index (κ2) is 8.40. The number of hydrogen-bond acceptors (Lipinski definition) is 6. The molecule has 148 valence electrons. The van der Waals surface area contributed by atoms with Crippen LogP contribution in [0.5, 0.6) is 0 Å². The lowest BCUT2D eigenvalue weighted by molar-refractivity contribution is 0.575. The van der Waals surface area contributed by atoms with E-state index in [1.165, 1.54) is 6.33 Å². The number of sulfonamides is 1. The molecule has 0 unspecified atom stereocenters. The molecule has 2 N–H and O–H groups in total. The fraction of sp³-hybridized carbons (Fsp3) is 0.235. The normalized spacial score (nSPS) is 11.5. The van der Waals surface area contributed by atoms with Crippen molar-refractivity contribution in [2.24, 2.45) is 0 Å². The first-order valence-electron chi connectivity index (χ1n) is 8.32. The highest BCUT2D eigenvalue weighted by Crippen LogP contribution is 2.11. The molecule has 2 aromatic heterocycles. The molecule has 11 heteroatoms. The first kappa shape index (κ1) is 19.8. The third kappa shape index (κ3) is 5.54. The third-order valence-electron chi connectivity index (χ3n) is 3.64. The zero-order valence-electron chi connectivity index (χ0n) is 14.9. The van der Waals surface area contributed by atoms with Crippen molar-refractivity contribution in [1.29, 1.82) is 0 Å². The SMILES string of the molecule is Cc1ccn(-c2cc(NCCNS(=O)(=O)Cc3cc(F)cc(F)c3)ncn2)n1. The molecule has 0 aliphatic carbocycles. The van der Waals surface area contributed by atoms with Crippen molar-refractivity contribution in [2.75, 3.05) is 18.4 Å². The summed E-state index contributed by atoms with van der Waals surface area (Å²) in [4.78, 5) is 8.20. The average molecular weight is 408 g/mol. The number of benzene rings is 1. The second-order valence-corrected chi connectivity index (χ2v) is 7.83. The number of nitrogens with one attached hydrogen (secondary N) is 2. The van der Waals surface area contributed by atoms with Crippen molar-refractivity contribution in [2.45, 2.75) is 12.7 Å². The van der Waals surface area contributed by atoms with Crippen LogP contribution < -0.4 is 10.0 Å². The van der Waals surface area contributed by atoms with Gasteiger partial charge < -0.3 is 5.32 Å². The maximum absolute atomic E-state index is 13.2. The largest absolute Gasteiger partial charge is 0.369 e. The monoisotopic (exact) mass is 408 g/mol. The molecule has 0 bridgehead atoms. The van der Waals surface area contributed by atoms with Gasteiger partial charge in [-0.05, 0) is 30.7 Å². The van der Waals surface area contributed by atoms with Gasteiger partial charge in [0, 0.05) is 31.4 Å². The summed E-state index contributed by atoms with van der Waals surface area (Å²) in [6.07, 6.45) is 3.14. The lowest BCUT2D eigenvalue weighted by atomic mass is 10.2. The number of hydrogen-bond donors (Lipinski definition) is 2. The minimum Gasteiger partial charge on any atom is -0.369 e. The molecule has 0 fully saturated rings. The van der Waals surface area contributed by atoms with E-state index < -0.39 is 27.4 Å². The summed E-state index contributed by atoms with van der Waals surface area (Å²) in [7, 11) is -3.74. The van der Waals surface area contributed by atoms with Gasteiger partial charge in [-0.3, -0.25) is 0 Å². The quantitative estimate of drug-likeness (QED) is 0.551. The van der Waals surface area contributed by atoms with Gasteiger partial charge in [-0.2, -0.15) is 5.10 Å². The molecule has 0 spiro atoms. The molecule has 8 nitrogen and oxygen atoms in total. The van der Waals surface area contributed by atoms with Crippen LogP contribution >= 0.6 is 0 Å². The van der Waals surface area contributed by atoms with E-state index in [9.17, 15) is 17.2 Å². The van der Waals surface area contributed by atoms with Gasteiger partial charge in [-0.15, -0.1) is 0 Å². The lowest BCUT2D eigenvalue weighted by Crippen LogP contribution is -2.30. The lowest BCUT2D eigenvalue weighted by Gasteiger charge is -2.09. The van der Waals surface area contributed by atoms with Crippen molar-refractivity contribution in [1.82, 2.24) is 24.5 Å². The van der Waals surface area contributed by atoms with Gasteiger partial charge in [0.2, 0.25) is 10.0 Å². The van der Waals surface area contributed by atoms with Crippen molar-refractivity contribution < 1.29 is 17.2 Å². The van der Waals surface area contributed by atoms with Crippen molar-refractivity contribution in [3.05, 3.63) is 65.7 Å². The van der Waals surface area contributed by atoms with Gasteiger partial charge in [-0.1, -0.05) is 0 Å². The van der Waals surface area contributed by atoms with Crippen LogP contribution in [-0.2, 0) is 15.8 Å². The van der Waals surface area contributed by atoms with Gasteiger partial charge in [0.15, 0.2) is 5.82 Å². The Bertz CT molecular complexity index is 1050. The molecular weight excluding hydrogens is 390 g/mol. The zero-order chi connectivity index (χ0) is 20.1. The Hall–Kier alpha value is -2.92. The van der Waals surface area contributed by atoms with Crippen LogP contribution in [0.1, 0.15) is 11.3 Å². The fourth-order valence-electron chi connectivity index (χ4n) is 2.47. The number of nitrogens with zero attached hydrogens (tertiary/aromatic N) is 4. The Kier molecular flexibility index (Phi) is 5.95. The van der Waals surface area contributed by atoms with Gasteiger partial charge in [-0.25, -0.2) is 36.6 Å².